The van der Waals surface area contributed by atoms with Gasteiger partial charge in [-0.05, 0) is 60.3 Å². The van der Waals surface area contributed by atoms with E-state index in [1.165, 1.54) is 15.6 Å². The first-order valence-electron chi connectivity index (χ1n) is 3.76. The fourth-order valence-corrected chi connectivity index (χ4v) is 2.64. The van der Waals surface area contributed by atoms with Crippen LogP contribution in [0.5, 0.6) is 0 Å². The van der Waals surface area contributed by atoms with E-state index in [9.17, 15) is 0 Å². The van der Waals surface area contributed by atoms with Gasteiger partial charge in [-0.15, -0.1) is 11.3 Å². The van der Waals surface area contributed by atoms with Crippen molar-refractivity contribution in [2.75, 3.05) is 0 Å². The Hall–Kier alpha value is -0.120. The molecular formula is C10H6Br2S. The zero-order chi connectivity index (χ0) is 9.26. The molecule has 0 fully saturated rings. The molecule has 66 valence electrons. The number of rotatable bonds is 1. The quantitative estimate of drug-likeness (QED) is 0.695. The molecule has 0 N–H and O–H groups in total. The molecule has 2 rings (SSSR count). The van der Waals surface area contributed by atoms with E-state index in [4.69, 9.17) is 0 Å². The van der Waals surface area contributed by atoms with Gasteiger partial charge >= 0.3 is 0 Å². The summed E-state index contributed by atoms with van der Waals surface area (Å²) in [6.07, 6.45) is 2.07. The molecule has 1 aromatic heterocycles. The Bertz CT molecular complexity index is 453. The van der Waals surface area contributed by atoms with Crippen molar-refractivity contribution in [1.82, 2.24) is 0 Å². The van der Waals surface area contributed by atoms with E-state index in [0.717, 1.165) is 3.39 Å². The summed E-state index contributed by atoms with van der Waals surface area (Å²) in [6, 6.07) is 8.41. The topological polar surface area (TPSA) is 0 Å². The molecule has 0 saturated carbocycles. The van der Waals surface area contributed by atoms with Crippen molar-refractivity contribution < 1.29 is 0 Å². The van der Waals surface area contributed by atoms with E-state index >= 15 is 0 Å². The Labute approximate surface area is 97.5 Å². The normalized spacial score (nSPS) is 10.3. The standard InChI is InChI=1S/C10H6Br2S/c11-10(12)5-7-6-13-9-4-2-1-3-8(7)9/h1-6H. The number of thiophene rings is 1. The van der Waals surface area contributed by atoms with Gasteiger partial charge in [0, 0.05) is 4.70 Å². The van der Waals surface area contributed by atoms with Crippen LogP contribution in [-0.2, 0) is 0 Å². The van der Waals surface area contributed by atoms with Crippen molar-refractivity contribution in [3.05, 3.63) is 38.6 Å². The molecular weight excluding hydrogens is 312 g/mol. The fourth-order valence-electron chi connectivity index (χ4n) is 1.23. The Kier molecular flexibility index (Phi) is 2.86. The van der Waals surface area contributed by atoms with E-state index in [-0.39, 0.29) is 0 Å². The summed E-state index contributed by atoms with van der Waals surface area (Å²) in [6.45, 7) is 0. The van der Waals surface area contributed by atoms with Gasteiger partial charge in [-0.25, -0.2) is 0 Å². The third kappa shape index (κ3) is 2.03. The van der Waals surface area contributed by atoms with E-state index in [1.54, 1.807) is 11.3 Å². The zero-order valence-electron chi connectivity index (χ0n) is 6.63. The lowest BCUT2D eigenvalue weighted by Gasteiger charge is -1.90. The van der Waals surface area contributed by atoms with E-state index in [0.29, 0.717) is 0 Å². The van der Waals surface area contributed by atoms with Gasteiger partial charge in [-0.3, -0.25) is 0 Å². The second-order valence-corrected chi connectivity index (χ2v) is 6.31. The van der Waals surface area contributed by atoms with Crippen LogP contribution in [0.25, 0.3) is 16.2 Å². The Morgan fingerprint density at radius 2 is 2.00 bits per heavy atom. The molecule has 0 unspecified atom stereocenters. The lowest BCUT2D eigenvalue weighted by atomic mass is 10.2. The van der Waals surface area contributed by atoms with Crippen molar-refractivity contribution in [1.29, 1.82) is 0 Å². The van der Waals surface area contributed by atoms with Crippen molar-refractivity contribution in [2.45, 2.75) is 0 Å². The molecule has 0 bridgehead atoms. The largest absolute Gasteiger partial charge is 0.143 e. The van der Waals surface area contributed by atoms with Crippen molar-refractivity contribution in [3.63, 3.8) is 0 Å². The summed E-state index contributed by atoms with van der Waals surface area (Å²) in [5, 5.41) is 3.47. The molecule has 0 spiro atoms. The molecule has 0 aliphatic heterocycles. The highest BCUT2D eigenvalue weighted by Gasteiger charge is 1.99. The van der Waals surface area contributed by atoms with Crippen LogP contribution in [0.2, 0.25) is 0 Å². The number of hydrogen-bond acceptors (Lipinski definition) is 1. The lowest BCUT2D eigenvalue weighted by molar-refractivity contribution is 1.83. The summed E-state index contributed by atoms with van der Waals surface area (Å²) in [5.74, 6) is 0. The molecule has 0 radical (unpaired) electrons. The third-order valence-corrected chi connectivity index (χ3v) is 3.22. The molecule has 3 heteroatoms. The van der Waals surface area contributed by atoms with Crippen LogP contribution in [0.1, 0.15) is 5.56 Å². The van der Waals surface area contributed by atoms with Crippen LogP contribution in [-0.4, -0.2) is 0 Å². The summed E-state index contributed by atoms with van der Waals surface area (Å²) < 4.78 is 2.30. The van der Waals surface area contributed by atoms with Crippen LogP contribution in [0.15, 0.2) is 33.0 Å². The van der Waals surface area contributed by atoms with Crippen LogP contribution >= 0.6 is 43.2 Å². The van der Waals surface area contributed by atoms with E-state index in [2.05, 4.69) is 67.6 Å². The predicted molar refractivity (Wildman–Crippen MR) is 67.7 cm³/mol. The molecule has 1 aromatic carbocycles. The Morgan fingerprint density at radius 3 is 2.77 bits per heavy atom. The molecule has 2 aromatic rings. The average Bonchev–Trinajstić information content (AvgIpc) is 2.48. The maximum absolute atomic E-state index is 3.36. The van der Waals surface area contributed by atoms with Gasteiger partial charge in [0.05, 0.1) is 3.39 Å². The monoisotopic (exact) mass is 316 g/mol. The summed E-state index contributed by atoms with van der Waals surface area (Å²) in [4.78, 5) is 0. The second kappa shape index (κ2) is 3.95. The minimum absolute atomic E-state index is 0.976. The van der Waals surface area contributed by atoms with E-state index < -0.39 is 0 Å². The van der Waals surface area contributed by atoms with Crippen LogP contribution < -0.4 is 0 Å². The fraction of sp³-hybridized carbons (Fsp3) is 0. The van der Waals surface area contributed by atoms with Crippen molar-refractivity contribution in [2.24, 2.45) is 0 Å². The number of fused-ring (bicyclic) bond motifs is 1. The smallest absolute Gasteiger partial charge is 0.0610 e. The highest BCUT2D eigenvalue weighted by molar-refractivity contribution is 9.28. The highest BCUT2D eigenvalue weighted by Crippen LogP contribution is 2.29. The zero-order valence-corrected chi connectivity index (χ0v) is 10.6. The van der Waals surface area contributed by atoms with Crippen LogP contribution in [0.3, 0.4) is 0 Å². The van der Waals surface area contributed by atoms with E-state index in [1.807, 2.05) is 0 Å². The van der Waals surface area contributed by atoms with Gasteiger partial charge in [0.15, 0.2) is 0 Å². The lowest BCUT2D eigenvalue weighted by Crippen LogP contribution is -1.66. The van der Waals surface area contributed by atoms with Gasteiger partial charge in [0.1, 0.15) is 0 Å². The van der Waals surface area contributed by atoms with Gasteiger partial charge in [-0.1, -0.05) is 18.2 Å². The summed E-state index contributed by atoms with van der Waals surface area (Å²) in [5.41, 5.74) is 1.25. The van der Waals surface area contributed by atoms with Gasteiger partial charge in [0.2, 0.25) is 0 Å². The van der Waals surface area contributed by atoms with Gasteiger partial charge in [-0.2, -0.15) is 0 Å². The maximum Gasteiger partial charge on any atom is 0.0610 e. The first-order valence-corrected chi connectivity index (χ1v) is 6.23. The Balaban J connectivity index is 2.65. The third-order valence-electron chi connectivity index (χ3n) is 1.78. The molecule has 1 heterocycles. The van der Waals surface area contributed by atoms with Crippen LogP contribution in [0.4, 0.5) is 0 Å². The van der Waals surface area contributed by atoms with Gasteiger partial charge < -0.3 is 0 Å². The number of hydrogen-bond donors (Lipinski definition) is 0. The summed E-state index contributed by atoms with van der Waals surface area (Å²) in [7, 11) is 0. The number of benzene rings is 1. The first-order chi connectivity index (χ1) is 6.27. The second-order valence-electron chi connectivity index (χ2n) is 2.62. The minimum atomic E-state index is 0.976. The van der Waals surface area contributed by atoms with Crippen LogP contribution in [0, 0.1) is 0 Å². The SMILES string of the molecule is BrC(Br)=Cc1csc2ccccc12. The molecule has 0 nitrogen and oxygen atoms in total. The molecule has 0 saturated heterocycles. The van der Waals surface area contributed by atoms with Gasteiger partial charge in [0.25, 0.3) is 0 Å². The molecule has 13 heavy (non-hydrogen) atoms. The molecule has 0 amide bonds. The highest BCUT2D eigenvalue weighted by atomic mass is 79.9. The maximum atomic E-state index is 3.36. The molecule has 0 aliphatic carbocycles. The Morgan fingerprint density at radius 1 is 1.23 bits per heavy atom. The summed E-state index contributed by atoms with van der Waals surface area (Å²) >= 11 is 8.50. The van der Waals surface area contributed by atoms with Crippen molar-refractivity contribution in [3.8, 4) is 0 Å². The predicted octanol–water partition coefficient (Wildman–Crippen LogP) is 4.99. The first kappa shape index (κ1) is 9.44. The van der Waals surface area contributed by atoms with Crippen molar-refractivity contribution >= 4 is 59.4 Å². The number of halogens is 2. The average molecular weight is 318 g/mol. The molecule has 0 atom stereocenters. The molecule has 0 aliphatic rings. The minimum Gasteiger partial charge on any atom is -0.143 e.